The summed E-state index contributed by atoms with van der Waals surface area (Å²) in [5.41, 5.74) is 3.42. The number of para-hydroxylation sites is 1. The Morgan fingerprint density at radius 2 is 2.05 bits per heavy atom. The monoisotopic (exact) mass is 301 g/mol. The molecule has 0 radical (unpaired) electrons. The van der Waals surface area contributed by atoms with Gasteiger partial charge >= 0.3 is 0 Å². The van der Waals surface area contributed by atoms with Gasteiger partial charge in [-0.25, -0.2) is 0 Å². The third-order valence-corrected chi connectivity index (χ3v) is 3.49. The van der Waals surface area contributed by atoms with Gasteiger partial charge in [-0.1, -0.05) is 24.3 Å². The molecular formula is C17H16ClNO2. The van der Waals surface area contributed by atoms with E-state index in [1.165, 1.54) is 0 Å². The third-order valence-electron chi connectivity index (χ3n) is 3.20. The molecule has 2 aromatic carbocycles. The highest BCUT2D eigenvalue weighted by molar-refractivity contribution is 6.17. The van der Waals surface area contributed by atoms with E-state index in [1.54, 1.807) is 19.2 Å². The molecule has 0 heterocycles. The SMILES string of the molecule is COc1ccc(COc2c(C)cccc2CCl)cc1C#N. The fourth-order valence-corrected chi connectivity index (χ4v) is 2.32. The Morgan fingerprint density at radius 3 is 2.71 bits per heavy atom. The lowest BCUT2D eigenvalue weighted by molar-refractivity contribution is 0.301. The summed E-state index contributed by atoms with van der Waals surface area (Å²) in [5.74, 6) is 1.78. The number of methoxy groups -OCH3 is 1. The number of nitrogens with zero attached hydrogens (tertiary/aromatic N) is 1. The van der Waals surface area contributed by atoms with E-state index < -0.39 is 0 Å². The van der Waals surface area contributed by atoms with E-state index in [0.717, 1.165) is 22.4 Å². The highest BCUT2D eigenvalue weighted by atomic mass is 35.5. The van der Waals surface area contributed by atoms with Gasteiger partial charge in [-0.2, -0.15) is 5.26 Å². The van der Waals surface area contributed by atoms with Gasteiger partial charge in [0.25, 0.3) is 0 Å². The zero-order valence-corrected chi connectivity index (χ0v) is 12.8. The van der Waals surface area contributed by atoms with Crippen molar-refractivity contribution in [2.45, 2.75) is 19.4 Å². The van der Waals surface area contributed by atoms with E-state index in [9.17, 15) is 0 Å². The Bertz CT molecular complexity index is 677. The highest BCUT2D eigenvalue weighted by Crippen LogP contribution is 2.26. The first-order chi connectivity index (χ1) is 10.2. The van der Waals surface area contributed by atoms with Crippen LogP contribution in [-0.2, 0) is 12.5 Å². The molecule has 0 saturated heterocycles. The van der Waals surface area contributed by atoms with Gasteiger partial charge in [0.2, 0.25) is 0 Å². The van der Waals surface area contributed by atoms with Crippen molar-refractivity contribution >= 4 is 11.6 Å². The molecule has 0 saturated carbocycles. The highest BCUT2D eigenvalue weighted by Gasteiger charge is 2.08. The van der Waals surface area contributed by atoms with Crippen LogP contribution in [0.1, 0.15) is 22.3 Å². The quantitative estimate of drug-likeness (QED) is 0.778. The van der Waals surface area contributed by atoms with Crippen LogP contribution >= 0.6 is 11.6 Å². The summed E-state index contributed by atoms with van der Waals surface area (Å²) in [6.07, 6.45) is 0. The lowest BCUT2D eigenvalue weighted by Gasteiger charge is -2.13. The number of halogens is 1. The van der Waals surface area contributed by atoms with E-state index in [4.69, 9.17) is 26.3 Å². The lowest BCUT2D eigenvalue weighted by Crippen LogP contribution is -2.00. The van der Waals surface area contributed by atoms with Crippen molar-refractivity contribution in [1.82, 2.24) is 0 Å². The Hall–Kier alpha value is -2.18. The average Bonchev–Trinajstić information content (AvgIpc) is 2.53. The van der Waals surface area contributed by atoms with Crippen LogP contribution in [0.3, 0.4) is 0 Å². The molecule has 2 rings (SSSR count). The second-order valence-corrected chi connectivity index (χ2v) is 4.90. The fourth-order valence-electron chi connectivity index (χ4n) is 2.11. The standard InChI is InChI=1S/C17H16ClNO2/c1-12-4-3-5-14(9-18)17(12)21-11-13-6-7-16(20-2)15(8-13)10-19/h3-8H,9,11H2,1-2H3. The average molecular weight is 302 g/mol. The van der Waals surface area contributed by atoms with Gasteiger partial charge in [-0.05, 0) is 30.2 Å². The van der Waals surface area contributed by atoms with Crippen LogP contribution in [-0.4, -0.2) is 7.11 Å². The molecule has 0 spiro atoms. The minimum absolute atomic E-state index is 0.382. The van der Waals surface area contributed by atoms with Crippen molar-refractivity contribution in [3.63, 3.8) is 0 Å². The summed E-state index contributed by atoms with van der Waals surface area (Å²) < 4.78 is 11.0. The smallest absolute Gasteiger partial charge is 0.136 e. The van der Waals surface area contributed by atoms with Gasteiger partial charge in [-0.3, -0.25) is 0 Å². The summed E-state index contributed by atoms with van der Waals surface area (Å²) in [5, 5.41) is 9.10. The second kappa shape index (κ2) is 7.01. The van der Waals surface area contributed by atoms with E-state index >= 15 is 0 Å². The van der Waals surface area contributed by atoms with Gasteiger partial charge in [0, 0.05) is 5.56 Å². The number of ether oxygens (including phenoxy) is 2. The first kappa shape index (κ1) is 15.2. The Kier molecular flexibility index (Phi) is 5.08. The maximum Gasteiger partial charge on any atom is 0.136 e. The zero-order chi connectivity index (χ0) is 15.2. The molecule has 108 valence electrons. The fraction of sp³-hybridized carbons (Fsp3) is 0.235. The summed E-state index contributed by atoms with van der Waals surface area (Å²) in [6, 6.07) is 13.4. The number of benzene rings is 2. The van der Waals surface area contributed by atoms with Crippen LogP contribution in [0.25, 0.3) is 0 Å². The molecule has 0 aliphatic heterocycles. The third kappa shape index (κ3) is 3.48. The summed E-state index contributed by atoms with van der Waals surface area (Å²) in [7, 11) is 1.55. The van der Waals surface area contributed by atoms with Crippen molar-refractivity contribution in [2.75, 3.05) is 7.11 Å². The number of hydrogen-bond donors (Lipinski definition) is 0. The molecule has 0 amide bonds. The zero-order valence-electron chi connectivity index (χ0n) is 12.0. The minimum atomic E-state index is 0.382. The molecule has 2 aromatic rings. The van der Waals surface area contributed by atoms with Crippen LogP contribution < -0.4 is 9.47 Å². The van der Waals surface area contributed by atoms with E-state index in [0.29, 0.717) is 23.8 Å². The first-order valence-corrected chi connectivity index (χ1v) is 7.07. The summed E-state index contributed by atoms with van der Waals surface area (Å²) in [4.78, 5) is 0. The first-order valence-electron chi connectivity index (χ1n) is 6.54. The predicted molar refractivity (Wildman–Crippen MR) is 82.8 cm³/mol. The van der Waals surface area contributed by atoms with Gasteiger partial charge < -0.3 is 9.47 Å². The number of hydrogen-bond acceptors (Lipinski definition) is 3. The van der Waals surface area contributed by atoms with Gasteiger partial charge in [0.1, 0.15) is 24.2 Å². The Balaban J connectivity index is 2.19. The number of alkyl halides is 1. The van der Waals surface area contributed by atoms with Crippen molar-refractivity contribution in [2.24, 2.45) is 0 Å². The molecule has 0 N–H and O–H groups in total. The van der Waals surface area contributed by atoms with Crippen molar-refractivity contribution < 1.29 is 9.47 Å². The van der Waals surface area contributed by atoms with Crippen LogP contribution in [0.5, 0.6) is 11.5 Å². The molecule has 0 fully saturated rings. The van der Waals surface area contributed by atoms with Gasteiger partial charge in [0.15, 0.2) is 0 Å². The molecule has 0 unspecified atom stereocenters. The molecule has 0 aromatic heterocycles. The molecular weight excluding hydrogens is 286 g/mol. The number of nitriles is 1. The maximum atomic E-state index is 9.10. The Morgan fingerprint density at radius 1 is 1.24 bits per heavy atom. The van der Waals surface area contributed by atoms with Crippen LogP contribution in [0.4, 0.5) is 0 Å². The van der Waals surface area contributed by atoms with Crippen LogP contribution in [0, 0.1) is 18.3 Å². The molecule has 0 aliphatic carbocycles. The molecule has 0 aliphatic rings. The molecule has 0 atom stereocenters. The topological polar surface area (TPSA) is 42.2 Å². The largest absolute Gasteiger partial charge is 0.495 e. The maximum absolute atomic E-state index is 9.10. The van der Waals surface area contributed by atoms with Crippen LogP contribution in [0.2, 0.25) is 0 Å². The Labute approximate surface area is 129 Å². The van der Waals surface area contributed by atoms with Crippen LogP contribution in [0.15, 0.2) is 36.4 Å². The number of rotatable bonds is 5. The van der Waals surface area contributed by atoms with Gasteiger partial charge in [0.05, 0.1) is 18.6 Å². The van der Waals surface area contributed by atoms with E-state index in [2.05, 4.69) is 6.07 Å². The second-order valence-electron chi connectivity index (χ2n) is 4.63. The van der Waals surface area contributed by atoms with Crippen molar-refractivity contribution in [3.8, 4) is 17.6 Å². The normalized spacial score (nSPS) is 10.0. The minimum Gasteiger partial charge on any atom is -0.495 e. The van der Waals surface area contributed by atoms with E-state index in [-0.39, 0.29) is 0 Å². The van der Waals surface area contributed by atoms with Crippen molar-refractivity contribution in [1.29, 1.82) is 5.26 Å². The number of aryl methyl sites for hydroxylation is 1. The lowest BCUT2D eigenvalue weighted by atomic mass is 10.1. The summed E-state index contributed by atoms with van der Waals surface area (Å²) >= 11 is 5.93. The molecule has 3 nitrogen and oxygen atoms in total. The molecule has 21 heavy (non-hydrogen) atoms. The summed E-state index contributed by atoms with van der Waals surface area (Å²) in [6.45, 7) is 2.37. The molecule has 0 bridgehead atoms. The van der Waals surface area contributed by atoms with E-state index in [1.807, 2.05) is 31.2 Å². The van der Waals surface area contributed by atoms with Crippen molar-refractivity contribution in [3.05, 3.63) is 58.7 Å². The molecule has 4 heteroatoms. The predicted octanol–water partition coefficient (Wildman–Crippen LogP) is 4.19. The van der Waals surface area contributed by atoms with Gasteiger partial charge in [-0.15, -0.1) is 11.6 Å².